The van der Waals surface area contributed by atoms with E-state index < -0.39 is 0 Å². The van der Waals surface area contributed by atoms with Crippen LogP contribution < -0.4 is 5.32 Å². The normalized spacial score (nSPS) is 16.6. The maximum absolute atomic E-state index is 12.2. The Morgan fingerprint density at radius 1 is 1.17 bits per heavy atom. The molecule has 0 spiro atoms. The van der Waals surface area contributed by atoms with Crippen LogP contribution in [-0.4, -0.2) is 25.9 Å². The molecule has 3 heterocycles. The van der Waals surface area contributed by atoms with Crippen molar-refractivity contribution in [3.8, 4) is 5.82 Å². The van der Waals surface area contributed by atoms with Gasteiger partial charge in [0.25, 0.3) is 0 Å². The molecule has 7 heteroatoms. The smallest absolute Gasteiger partial charge is 0.226 e. The molecule has 0 fully saturated rings. The van der Waals surface area contributed by atoms with Gasteiger partial charge in [-0.3, -0.25) is 4.79 Å². The molecule has 0 saturated carbocycles. The Morgan fingerprint density at radius 2 is 1.96 bits per heavy atom. The van der Waals surface area contributed by atoms with Crippen LogP contribution in [0.5, 0.6) is 0 Å². The van der Waals surface area contributed by atoms with Crippen molar-refractivity contribution in [2.24, 2.45) is 0 Å². The van der Waals surface area contributed by atoms with Gasteiger partial charge < -0.3 is 5.32 Å². The minimum Gasteiger partial charge on any atom is -0.310 e. The van der Waals surface area contributed by atoms with Gasteiger partial charge in [0.1, 0.15) is 5.82 Å². The molecule has 1 aromatic carbocycles. The Bertz CT molecular complexity index is 905. The van der Waals surface area contributed by atoms with E-state index in [4.69, 9.17) is 11.6 Å². The molecule has 1 N–H and O–H groups in total. The maximum atomic E-state index is 12.2. The van der Waals surface area contributed by atoms with E-state index in [1.165, 1.54) is 0 Å². The molecule has 4 rings (SSSR count). The van der Waals surface area contributed by atoms with Crippen molar-refractivity contribution in [2.45, 2.75) is 19.3 Å². The van der Waals surface area contributed by atoms with Crippen molar-refractivity contribution in [3.63, 3.8) is 0 Å². The Balaban J connectivity index is 1.87. The molecule has 1 aliphatic heterocycles. The van der Waals surface area contributed by atoms with Crippen molar-refractivity contribution in [1.82, 2.24) is 20.0 Å². The van der Waals surface area contributed by atoms with E-state index in [2.05, 4.69) is 20.6 Å². The van der Waals surface area contributed by atoms with Crippen molar-refractivity contribution in [2.75, 3.05) is 5.32 Å². The predicted octanol–water partition coefficient (Wildman–Crippen LogP) is 3.10. The number of hydrogen-bond donors (Lipinski definition) is 1. The number of halogens is 1. The van der Waals surface area contributed by atoms with E-state index in [-0.39, 0.29) is 11.8 Å². The summed E-state index contributed by atoms with van der Waals surface area (Å²) in [7, 11) is 0. The quantitative estimate of drug-likeness (QED) is 0.778. The topological polar surface area (TPSA) is 72.7 Å². The predicted molar refractivity (Wildman–Crippen MR) is 90.4 cm³/mol. The molecule has 24 heavy (non-hydrogen) atoms. The third kappa shape index (κ3) is 2.45. The van der Waals surface area contributed by atoms with Crippen LogP contribution in [0.4, 0.5) is 5.82 Å². The highest BCUT2D eigenvalue weighted by Gasteiger charge is 2.32. The first-order valence-electron chi connectivity index (χ1n) is 7.57. The molecule has 1 atom stereocenters. The lowest BCUT2D eigenvalue weighted by Crippen LogP contribution is -2.25. The molecule has 120 valence electrons. The largest absolute Gasteiger partial charge is 0.310 e. The second-order valence-corrected chi connectivity index (χ2v) is 6.08. The van der Waals surface area contributed by atoms with Gasteiger partial charge in [0, 0.05) is 17.9 Å². The second-order valence-electron chi connectivity index (χ2n) is 5.69. The van der Waals surface area contributed by atoms with E-state index >= 15 is 0 Å². The standard InChI is InChI=1S/C17H14ClN5O/c1-10-16-12(11-5-3-2-4-6-11)9-15(24)19-17(16)23(22-10)14-8-7-13(18)20-21-14/h2-8,12H,9H2,1H3,(H,19,24)/t12-/m0/s1. The average Bonchev–Trinajstić information content (AvgIpc) is 2.92. The molecule has 0 unspecified atom stereocenters. The minimum atomic E-state index is -0.0422. The van der Waals surface area contributed by atoms with Gasteiger partial charge in [-0.2, -0.15) is 9.78 Å². The summed E-state index contributed by atoms with van der Waals surface area (Å²) < 4.78 is 1.61. The molecule has 0 radical (unpaired) electrons. The number of carbonyl (C=O) groups excluding carboxylic acids is 1. The zero-order valence-electron chi connectivity index (χ0n) is 12.9. The molecule has 0 aliphatic carbocycles. The summed E-state index contributed by atoms with van der Waals surface area (Å²) >= 11 is 5.80. The van der Waals surface area contributed by atoms with Gasteiger partial charge in [-0.1, -0.05) is 41.9 Å². The van der Waals surface area contributed by atoms with E-state index in [9.17, 15) is 4.79 Å². The van der Waals surface area contributed by atoms with Crippen LogP contribution in [0.3, 0.4) is 0 Å². The average molecular weight is 340 g/mol. The minimum absolute atomic E-state index is 0.0241. The number of aryl methyl sites for hydroxylation is 1. The van der Waals surface area contributed by atoms with Crippen molar-refractivity contribution in [1.29, 1.82) is 0 Å². The zero-order chi connectivity index (χ0) is 16.7. The Labute approximate surface area is 143 Å². The lowest BCUT2D eigenvalue weighted by molar-refractivity contribution is -0.116. The summed E-state index contributed by atoms with van der Waals surface area (Å²) in [5.41, 5.74) is 2.96. The number of nitrogens with zero attached hydrogens (tertiary/aromatic N) is 4. The molecule has 0 saturated heterocycles. The van der Waals surface area contributed by atoms with Crippen molar-refractivity contribution < 1.29 is 4.79 Å². The van der Waals surface area contributed by atoms with Gasteiger partial charge in [-0.15, -0.1) is 10.2 Å². The van der Waals surface area contributed by atoms with Crippen LogP contribution in [0, 0.1) is 6.92 Å². The lowest BCUT2D eigenvalue weighted by atomic mass is 9.86. The van der Waals surface area contributed by atoms with Crippen LogP contribution in [-0.2, 0) is 4.79 Å². The van der Waals surface area contributed by atoms with Crippen LogP contribution in [0.2, 0.25) is 5.15 Å². The Hall–Kier alpha value is -2.73. The highest BCUT2D eigenvalue weighted by atomic mass is 35.5. The number of aromatic nitrogens is 4. The molecule has 6 nitrogen and oxygen atoms in total. The van der Waals surface area contributed by atoms with Crippen LogP contribution in [0.25, 0.3) is 5.82 Å². The van der Waals surface area contributed by atoms with Crippen molar-refractivity contribution in [3.05, 3.63) is 64.4 Å². The van der Waals surface area contributed by atoms with Crippen LogP contribution >= 0.6 is 11.6 Å². The summed E-state index contributed by atoms with van der Waals surface area (Å²) in [6.07, 6.45) is 0.399. The number of carbonyl (C=O) groups is 1. The summed E-state index contributed by atoms with van der Waals surface area (Å²) in [6, 6.07) is 13.4. The summed E-state index contributed by atoms with van der Waals surface area (Å²) in [6.45, 7) is 1.94. The maximum Gasteiger partial charge on any atom is 0.226 e. The summed E-state index contributed by atoms with van der Waals surface area (Å²) in [4.78, 5) is 12.2. The SMILES string of the molecule is Cc1nn(-c2ccc(Cl)nn2)c2c1[C@H](c1ccccc1)CC(=O)N2. The third-order valence-corrected chi connectivity index (χ3v) is 4.34. The molecule has 1 amide bonds. The van der Waals surface area contributed by atoms with Crippen molar-refractivity contribution >= 4 is 23.3 Å². The first kappa shape index (κ1) is 14.8. The van der Waals surface area contributed by atoms with E-state index in [1.54, 1.807) is 16.8 Å². The molecular weight excluding hydrogens is 326 g/mol. The van der Waals surface area contributed by atoms with Gasteiger partial charge in [0.15, 0.2) is 11.0 Å². The molecule has 3 aromatic rings. The monoisotopic (exact) mass is 339 g/mol. The van der Waals surface area contributed by atoms with E-state index in [0.29, 0.717) is 23.2 Å². The Morgan fingerprint density at radius 3 is 2.67 bits per heavy atom. The highest BCUT2D eigenvalue weighted by Crippen LogP contribution is 2.39. The number of anilines is 1. The number of amides is 1. The molecular formula is C17H14ClN5O. The van der Waals surface area contributed by atoms with E-state index in [1.807, 2.05) is 37.3 Å². The van der Waals surface area contributed by atoms with Gasteiger partial charge in [-0.25, -0.2) is 0 Å². The fourth-order valence-corrected chi connectivity index (χ4v) is 3.21. The van der Waals surface area contributed by atoms with E-state index in [0.717, 1.165) is 16.8 Å². The fourth-order valence-electron chi connectivity index (χ4n) is 3.10. The second kappa shape index (κ2) is 5.72. The number of nitrogens with one attached hydrogen (secondary N) is 1. The lowest BCUT2D eigenvalue weighted by Gasteiger charge is -2.24. The van der Waals surface area contributed by atoms with Crippen LogP contribution in [0.15, 0.2) is 42.5 Å². The fraction of sp³-hybridized carbons (Fsp3) is 0.176. The molecule has 1 aliphatic rings. The Kier molecular flexibility index (Phi) is 3.54. The van der Waals surface area contributed by atoms with Gasteiger partial charge in [0.2, 0.25) is 5.91 Å². The number of hydrogen-bond acceptors (Lipinski definition) is 4. The summed E-state index contributed by atoms with van der Waals surface area (Å²) in [5, 5.41) is 15.7. The molecule has 2 aromatic heterocycles. The third-order valence-electron chi connectivity index (χ3n) is 4.14. The van der Waals surface area contributed by atoms with Gasteiger partial charge >= 0.3 is 0 Å². The number of rotatable bonds is 2. The van der Waals surface area contributed by atoms with Crippen LogP contribution in [0.1, 0.15) is 29.2 Å². The van der Waals surface area contributed by atoms with Gasteiger partial charge in [-0.05, 0) is 24.6 Å². The molecule has 0 bridgehead atoms. The highest BCUT2D eigenvalue weighted by molar-refractivity contribution is 6.29. The van der Waals surface area contributed by atoms with Gasteiger partial charge in [0.05, 0.1) is 5.69 Å². The first-order valence-corrected chi connectivity index (χ1v) is 7.95. The summed E-state index contributed by atoms with van der Waals surface area (Å²) in [5.74, 6) is 1.09. The number of benzene rings is 1. The first-order chi connectivity index (χ1) is 11.6. The number of fused-ring (bicyclic) bond motifs is 1. The zero-order valence-corrected chi connectivity index (χ0v) is 13.7.